The average Bonchev–Trinajstić information content (AvgIpc) is 3.37. The molecule has 0 spiro atoms. The summed E-state index contributed by atoms with van der Waals surface area (Å²) in [5.74, 6) is 1.21. The fourth-order valence-corrected chi connectivity index (χ4v) is 3.73. The number of anilines is 2. The van der Waals surface area contributed by atoms with Gasteiger partial charge in [0.15, 0.2) is 0 Å². The van der Waals surface area contributed by atoms with Crippen LogP contribution in [0.4, 0.5) is 16.3 Å². The molecule has 4 aromatic rings. The highest BCUT2D eigenvalue weighted by Gasteiger charge is 2.22. The van der Waals surface area contributed by atoms with Crippen LogP contribution >= 0.6 is 0 Å². The van der Waals surface area contributed by atoms with Crippen molar-refractivity contribution in [3.8, 4) is 17.2 Å². The smallest absolute Gasteiger partial charge is 0.324 e. The van der Waals surface area contributed by atoms with Crippen LogP contribution in [0.15, 0.2) is 79.1 Å². The number of urea groups is 1. The van der Waals surface area contributed by atoms with Crippen molar-refractivity contribution < 1.29 is 19.1 Å². The number of nitrogens with one attached hydrogen (secondary N) is 4. The molecule has 41 heavy (non-hydrogen) atoms. The molecule has 0 unspecified atom stereocenters. The topological polar surface area (TPSA) is 139 Å². The zero-order valence-corrected chi connectivity index (χ0v) is 23.4. The number of hydrogen-bond acceptors (Lipinski definition) is 6. The van der Waals surface area contributed by atoms with Crippen molar-refractivity contribution in [2.75, 3.05) is 17.2 Å². The highest BCUT2D eigenvalue weighted by atomic mass is 16.5. The van der Waals surface area contributed by atoms with E-state index in [0.717, 1.165) is 11.3 Å². The van der Waals surface area contributed by atoms with Crippen molar-refractivity contribution in [3.63, 3.8) is 0 Å². The van der Waals surface area contributed by atoms with E-state index in [1.165, 1.54) is 6.92 Å². The fraction of sp³-hybridized carbons (Fsp3) is 0.233. The van der Waals surface area contributed by atoms with Crippen molar-refractivity contribution in [1.82, 2.24) is 25.4 Å². The van der Waals surface area contributed by atoms with Crippen LogP contribution in [0.25, 0.3) is 5.69 Å². The first kappa shape index (κ1) is 28.8. The minimum Gasteiger partial charge on any atom is -0.457 e. The van der Waals surface area contributed by atoms with E-state index < -0.39 is 6.03 Å². The maximum atomic E-state index is 13.0. The fourth-order valence-electron chi connectivity index (χ4n) is 3.73. The first-order chi connectivity index (χ1) is 19.6. The summed E-state index contributed by atoms with van der Waals surface area (Å²) in [6, 6.07) is 19.4. The van der Waals surface area contributed by atoms with Crippen molar-refractivity contribution in [3.05, 3.63) is 90.4 Å². The van der Waals surface area contributed by atoms with Crippen molar-refractivity contribution in [2.45, 2.75) is 39.7 Å². The van der Waals surface area contributed by atoms with Gasteiger partial charge in [-0.05, 0) is 54.1 Å². The number of hydrogen-bond donors (Lipinski definition) is 4. The molecule has 11 nitrogen and oxygen atoms in total. The molecule has 4 rings (SSSR count). The van der Waals surface area contributed by atoms with Crippen LogP contribution in [0.5, 0.6) is 11.5 Å². The van der Waals surface area contributed by atoms with Crippen molar-refractivity contribution in [1.29, 1.82) is 0 Å². The maximum absolute atomic E-state index is 13.0. The summed E-state index contributed by atoms with van der Waals surface area (Å²) in [5, 5.41) is 15.8. The molecule has 0 atom stereocenters. The Morgan fingerprint density at radius 2 is 1.59 bits per heavy atom. The monoisotopic (exact) mass is 555 g/mol. The van der Waals surface area contributed by atoms with Gasteiger partial charge in [0.2, 0.25) is 11.8 Å². The van der Waals surface area contributed by atoms with Gasteiger partial charge in [-0.3, -0.25) is 19.9 Å². The van der Waals surface area contributed by atoms with Crippen molar-refractivity contribution in [2.24, 2.45) is 0 Å². The van der Waals surface area contributed by atoms with Gasteiger partial charge in [0.05, 0.1) is 17.9 Å². The number of benzene rings is 2. The van der Waals surface area contributed by atoms with Crippen LogP contribution in [0.1, 0.15) is 39.0 Å². The Bertz CT molecular complexity index is 1510. The third-order valence-electron chi connectivity index (χ3n) is 5.86. The van der Waals surface area contributed by atoms with Gasteiger partial charge in [-0.15, -0.1) is 0 Å². The summed E-state index contributed by atoms with van der Waals surface area (Å²) >= 11 is 0. The molecule has 0 bridgehead atoms. The summed E-state index contributed by atoms with van der Waals surface area (Å²) in [5.41, 5.74) is 2.65. The van der Waals surface area contributed by atoms with E-state index in [4.69, 9.17) is 9.84 Å². The number of ether oxygens (including phenoxy) is 1. The van der Waals surface area contributed by atoms with E-state index in [1.54, 1.807) is 53.5 Å². The molecule has 0 saturated carbocycles. The quantitative estimate of drug-likeness (QED) is 0.235. The summed E-state index contributed by atoms with van der Waals surface area (Å²) in [7, 11) is 0. The number of carbonyl (C=O) groups is 3. The third-order valence-corrected chi connectivity index (χ3v) is 5.86. The summed E-state index contributed by atoms with van der Waals surface area (Å²) in [4.78, 5) is 40.0. The normalized spacial score (nSPS) is 10.9. The molecule has 212 valence electrons. The van der Waals surface area contributed by atoms with Crippen LogP contribution in [-0.2, 0) is 21.5 Å². The molecule has 11 heteroatoms. The number of nitrogens with zero attached hydrogens (tertiary/aromatic N) is 3. The van der Waals surface area contributed by atoms with Gasteiger partial charge >= 0.3 is 6.03 Å². The summed E-state index contributed by atoms with van der Waals surface area (Å²) in [6.07, 6.45) is 3.30. The first-order valence-electron chi connectivity index (χ1n) is 13.0. The second-order valence-electron chi connectivity index (χ2n) is 10.3. The van der Waals surface area contributed by atoms with E-state index in [2.05, 4.69) is 26.3 Å². The van der Waals surface area contributed by atoms with Crippen LogP contribution in [0.2, 0.25) is 0 Å². The van der Waals surface area contributed by atoms with Crippen molar-refractivity contribution >= 4 is 29.4 Å². The SMILES string of the molecule is CC(=O)NCC(=O)NCc1cccc(-n2nc(C(C)(C)C)cc2NC(=O)Nc2ccc(Oc3ccncc3)cc2)c1. The minimum absolute atomic E-state index is 0.0905. The third kappa shape index (κ3) is 8.40. The van der Waals surface area contributed by atoms with Gasteiger partial charge < -0.3 is 20.7 Å². The molecular weight excluding hydrogens is 522 g/mol. The lowest BCUT2D eigenvalue weighted by Gasteiger charge is -2.14. The second-order valence-corrected chi connectivity index (χ2v) is 10.3. The maximum Gasteiger partial charge on any atom is 0.324 e. The average molecular weight is 556 g/mol. The van der Waals surface area contributed by atoms with E-state index in [0.29, 0.717) is 28.7 Å². The van der Waals surface area contributed by atoms with Gasteiger partial charge in [-0.25, -0.2) is 9.48 Å². The second kappa shape index (κ2) is 12.8. The Morgan fingerprint density at radius 1 is 0.878 bits per heavy atom. The molecule has 4 N–H and O–H groups in total. The number of aromatic nitrogens is 3. The minimum atomic E-state index is -0.434. The van der Waals surface area contributed by atoms with Crippen LogP contribution < -0.4 is 26.0 Å². The first-order valence-corrected chi connectivity index (χ1v) is 13.0. The number of rotatable bonds is 9. The zero-order chi connectivity index (χ0) is 29.4. The lowest BCUT2D eigenvalue weighted by atomic mass is 9.92. The lowest BCUT2D eigenvalue weighted by Crippen LogP contribution is -2.35. The Morgan fingerprint density at radius 3 is 2.27 bits per heavy atom. The van der Waals surface area contributed by atoms with E-state index in [9.17, 15) is 14.4 Å². The molecule has 0 aliphatic carbocycles. The molecular formula is C30H33N7O4. The molecule has 4 amide bonds. The van der Waals surface area contributed by atoms with Gasteiger partial charge in [-0.1, -0.05) is 32.9 Å². The van der Waals surface area contributed by atoms with Gasteiger partial charge in [0, 0.05) is 43.0 Å². The van der Waals surface area contributed by atoms with Gasteiger partial charge in [0.25, 0.3) is 0 Å². The molecule has 2 aromatic carbocycles. The molecule has 0 aliphatic rings. The van der Waals surface area contributed by atoms with Crippen LogP contribution in [0, 0.1) is 0 Å². The highest BCUT2D eigenvalue weighted by Crippen LogP contribution is 2.27. The van der Waals surface area contributed by atoms with Gasteiger partial charge in [0.1, 0.15) is 17.3 Å². The lowest BCUT2D eigenvalue weighted by molar-refractivity contribution is -0.125. The molecule has 0 aliphatic heterocycles. The highest BCUT2D eigenvalue weighted by molar-refractivity contribution is 5.99. The predicted octanol–water partition coefficient (Wildman–Crippen LogP) is 4.75. The number of pyridine rings is 1. The Kier molecular flexibility index (Phi) is 8.98. The Labute approximate surface area is 238 Å². The van der Waals surface area contributed by atoms with E-state index >= 15 is 0 Å². The molecule has 2 aromatic heterocycles. The number of amides is 4. The number of carbonyl (C=O) groups excluding carboxylic acids is 3. The Hall–Kier alpha value is -5.19. The molecule has 0 radical (unpaired) electrons. The zero-order valence-electron chi connectivity index (χ0n) is 23.4. The largest absolute Gasteiger partial charge is 0.457 e. The van der Waals surface area contributed by atoms with E-state index in [1.807, 2.05) is 51.1 Å². The van der Waals surface area contributed by atoms with Gasteiger partial charge in [-0.2, -0.15) is 5.10 Å². The van der Waals surface area contributed by atoms with Crippen LogP contribution in [-0.4, -0.2) is 39.2 Å². The van der Waals surface area contributed by atoms with E-state index in [-0.39, 0.29) is 30.3 Å². The Balaban J connectivity index is 1.46. The summed E-state index contributed by atoms with van der Waals surface area (Å²) < 4.78 is 7.44. The predicted molar refractivity (Wildman–Crippen MR) is 156 cm³/mol. The standard InChI is InChI=1S/C30H33N7O4/c1-20(38)32-19-28(39)33-18-21-6-5-7-23(16-21)37-27(17-26(36-37)30(2,3)4)35-29(40)34-22-8-10-24(11-9-22)41-25-12-14-31-15-13-25/h5-17H,18-19H2,1-4H3,(H,32,38)(H,33,39)(H2,34,35,40). The van der Waals surface area contributed by atoms with Crippen LogP contribution in [0.3, 0.4) is 0 Å². The molecule has 2 heterocycles. The molecule has 0 saturated heterocycles. The molecule has 0 fully saturated rings. The summed E-state index contributed by atoms with van der Waals surface area (Å²) in [6.45, 7) is 7.66.